The minimum Gasteiger partial charge on any atom is -0.486 e. The molecule has 2 aromatic rings. The van der Waals surface area contributed by atoms with Gasteiger partial charge < -0.3 is 9.84 Å². The van der Waals surface area contributed by atoms with Crippen LogP contribution in [0.3, 0.4) is 0 Å². The number of halogens is 1. The molecule has 1 aliphatic carbocycles. The molecule has 1 aromatic heterocycles. The third-order valence-corrected chi connectivity index (χ3v) is 7.60. The molecule has 1 saturated carbocycles. The molecule has 0 saturated heterocycles. The van der Waals surface area contributed by atoms with Crippen LogP contribution in [0.5, 0.6) is 5.75 Å². The zero-order valence-corrected chi connectivity index (χ0v) is 18.1. The lowest BCUT2D eigenvalue weighted by molar-refractivity contribution is 0.172. The van der Waals surface area contributed by atoms with Crippen molar-refractivity contribution in [1.82, 2.24) is 9.78 Å². The van der Waals surface area contributed by atoms with Gasteiger partial charge in [-0.1, -0.05) is 11.6 Å². The summed E-state index contributed by atoms with van der Waals surface area (Å²) in [5.74, 6) is 0.281. The second-order valence-electron chi connectivity index (χ2n) is 7.62. The quantitative estimate of drug-likeness (QED) is 0.667. The maximum atomic E-state index is 13.6. The van der Waals surface area contributed by atoms with Gasteiger partial charge in [0.15, 0.2) is 5.15 Å². The third-order valence-electron chi connectivity index (χ3n) is 5.43. The average Bonchev–Trinajstić information content (AvgIpc) is 3.38. The van der Waals surface area contributed by atoms with E-state index in [0.29, 0.717) is 13.0 Å². The highest BCUT2D eigenvalue weighted by molar-refractivity contribution is 7.93. The van der Waals surface area contributed by atoms with Crippen molar-refractivity contribution in [3.63, 3.8) is 0 Å². The monoisotopic (exact) mass is 465 g/mol. The Bertz CT molecular complexity index is 1180. The summed E-state index contributed by atoms with van der Waals surface area (Å²) in [6, 6.07) is 6.70. The molecule has 31 heavy (non-hydrogen) atoms. The van der Waals surface area contributed by atoms with Crippen molar-refractivity contribution in [2.24, 2.45) is 5.41 Å². The van der Waals surface area contributed by atoms with Crippen molar-refractivity contribution in [1.29, 1.82) is 5.26 Å². The highest BCUT2D eigenvalue weighted by Gasteiger charge is 2.47. The second kappa shape index (κ2) is 7.62. The minimum atomic E-state index is -4.14. The predicted molar refractivity (Wildman–Crippen MR) is 112 cm³/mol. The Kier molecular flexibility index (Phi) is 5.23. The lowest BCUT2D eigenvalue weighted by atomic mass is 9.99. The summed E-state index contributed by atoms with van der Waals surface area (Å²) < 4.78 is 35.7. The molecule has 164 valence electrons. The topological polar surface area (TPSA) is 138 Å². The molecule has 2 heterocycles. The van der Waals surface area contributed by atoms with Gasteiger partial charge in [0.2, 0.25) is 0 Å². The van der Waals surface area contributed by atoms with Crippen molar-refractivity contribution >= 4 is 39.1 Å². The van der Waals surface area contributed by atoms with E-state index in [1.807, 2.05) is 0 Å². The van der Waals surface area contributed by atoms with E-state index in [4.69, 9.17) is 21.4 Å². The number of fused-ring (bicyclic) bond motifs is 1. The summed E-state index contributed by atoms with van der Waals surface area (Å²) in [4.78, 5) is 10.9. The number of anilines is 2. The Hall–Kier alpha value is -2.97. The highest BCUT2D eigenvalue weighted by Crippen LogP contribution is 2.51. The number of nitrogens with zero attached hydrogens (tertiary/aromatic N) is 4. The standard InChI is InChI=1S/C19H20ClN5O5S/c1-2-24-10-16(17(20)23-24)31(28,29)25-9-13(8-19(11-21)5-6-19)30-15-4-3-12(7-14(15)25)22-18(26)27/h3-4,7,10,13,22H,2,5-6,8-9H2,1H3,(H,26,27). The molecule has 2 aliphatic rings. The number of hydrogen-bond acceptors (Lipinski definition) is 6. The number of amides is 1. The van der Waals surface area contributed by atoms with Gasteiger partial charge >= 0.3 is 6.09 Å². The Morgan fingerprint density at radius 3 is 2.81 bits per heavy atom. The van der Waals surface area contributed by atoms with Crippen LogP contribution >= 0.6 is 11.6 Å². The van der Waals surface area contributed by atoms with Crippen LogP contribution < -0.4 is 14.4 Å². The average molecular weight is 466 g/mol. The van der Waals surface area contributed by atoms with Crippen LogP contribution in [0.25, 0.3) is 0 Å². The molecule has 1 aliphatic heterocycles. The van der Waals surface area contributed by atoms with Crippen molar-refractivity contribution in [3.8, 4) is 11.8 Å². The summed E-state index contributed by atoms with van der Waals surface area (Å²) in [6.45, 7) is 2.21. The van der Waals surface area contributed by atoms with E-state index in [2.05, 4.69) is 16.5 Å². The van der Waals surface area contributed by atoms with E-state index in [0.717, 1.165) is 17.1 Å². The molecule has 0 bridgehead atoms. The third kappa shape index (κ3) is 4.00. The number of hydrogen-bond donors (Lipinski definition) is 2. The van der Waals surface area contributed by atoms with E-state index in [9.17, 15) is 18.5 Å². The number of aromatic nitrogens is 2. The predicted octanol–water partition coefficient (Wildman–Crippen LogP) is 3.30. The Labute approximate surface area is 184 Å². The van der Waals surface area contributed by atoms with Crippen LogP contribution in [0.2, 0.25) is 5.15 Å². The molecule has 1 amide bonds. The van der Waals surface area contributed by atoms with Gasteiger partial charge in [0.25, 0.3) is 10.0 Å². The molecular weight excluding hydrogens is 446 g/mol. The van der Waals surface area contributed by atoms with Gasteiger partial charge in [-0.25, -0.2) is 13.2 Å². The lowest BCUT2D eigenvalue weighted by Gasteiger charge is -2.36. The molecule has 1 aromatic carbocycles. The van der Waals surface area contributed by atoms with E-state index in [1.165, 1.54) is 29.1 Å². The first-order valence-corrected chi connectivity index (χ1v) is 11.5. The van der Waals surface area contributed by atoms with Crippen LogP contribution in [0, 0.1) is 16.7 Å². The SMILES string of the molecule is CCn1cc(S(=O)(=O)N2CC(CC3(C#N)CC3)Oc3ccc(NC(=O)O)cc32)c(Cl)n1. The Balaban J connectivity index is 1.77. The van der Waals surface area contributed by atoms with Crippen molar-refractivity contribution in [2.75, 3.05) is 16.2 Å². The van der Waals surface area contributed by atoms with Crippen molar-refractivity contribution < 1.29 is 23.1 Å². The van der Waals surface area contributed by atoms with Crippen LogP contribution in [0.1, 0.15) is 26.2 Å². The molecule has 10 nitrogen and oxygen atoms in total. The number of ether oxygens (including phenoxy) is 1. The Morgan fingerprint density at radius 1 is 1.48 bits per heavy atom. The fourth-order valence-electron chi connectivity index (χ4n) is 3.63. The largest absolute Gasteiger partial charge is 0.486 e. The number of rotatable bonds is 6. The number of carboxylic acid groups (broad SMARTS) is 1. The fourth-order valence-corrected chi connectivity index (χ4v) is 5.58. The van der Waals surface area contributed by atoms with Crippen LogP contribution in [-0.4, -0.2) is 42.0 Å². The van der Waals surface area contributed by atoms with Crippen LogP contribution in [0.4, 0.5) is 16.2 Å². The molecule has 1 unspecified atom stereocenters. The number of sulfonamides is 1. The number of benzene rings is 1. The summed E-state index contributed by atoms with van der Waals surface area (Å²) in [7, 11) is -4.14. The highest BCUT2D eigenvalue weighted by atomic mass is 35.5. The van der Waals surface area contributed by atoms with Gasteiger partial charge in [0, 0.05) is 24.8 Å². The lowest BCUT2D eigenvalue weighted by Crippen LogP contribution is -2.44. The molecule has 1 atom stereocenters. The second-order valence-corrected chi connectivity index (χ2v) is 9.81. The summed E-state index contributed by atoms with van der Waals surface area (Å²) in [5.41, 5.74) is -0.114. The van der Waals surface area contributed by atoms with Crippen LogP contribution in [-0.2, 0) is 16.6 Å². The first kappa shape index (κ1) is 21.3. The van der Waals surface area contributed by atoms with E-state index < -0.39 is 27.6 Å². The van der Waals surface area contributed by atoms with E-state index in [1.54, 1.807) is 6.92 Å². The number of aryl methyl sites for hydroxylation is 1. The molecule has 2 N–H and O–H groups in total. The minimum absolute atomic E-state index is 0.0388. The van der Waals surface area contributed by atoms with Gasteiger partial charge in [-0.2, -0.15) is 10.4 Å². The summed E-state index contributed by atoms with van der Waals surface area (Å²) >= 11 is 6.13. The smallest absolute Gasteiger partial charge is 0.409 e. The summed E-state index contributed by atoms with van der Waals surface area (Å²) in [6.07, 6.45) is 1.44. The van der Waals surface area contributed by atoms with Gasteiger partial charge in [0.1, 0.15) is 16.7 Å². The Morgan fingerprint density at radius 2 is 2.23 bits per heavy atom. The molecule has 0 spiro atoms. The number of carbonyl (C=O) groups is 1. The molecule has 1 fully saturated rings. The van der Waals surface area contributed by atoms with Crippen LogP contribution in [0.15, 0.2) is 29.3 Å². The molecule has 0 radical (unpaired) electrons. The van der Waals surface area contributed by atoms with E-state index >= 15 is 0 Å². The zero-order chi connectivity index (χ0) is 22.4. The van der Waals surface area contributed by atoms with E-state index in [-0.39, 0.29) is 33.7 Å². The summed E-state index contributed by atoms with van der Waals surface area (Å²) in [5, 5.41) is 24.5. The maximum absolute atomic E-state index is 13.6. The first-order chi connectivity index (χ1) is 14.7. The normalized spacial score (nSPS) is 19.1. The van der Waals surface area contributed by atoms with Crippen molar-refractivity contribution in [3.05, 3.63) is 29.5 Å². The van der Waals surface area contributed by atoms with Gasteiger partial charge in [-0.05, 0) is 38.0 Å². The maximum Gasteiger partial charge on any atom is 0.409 e. The van der Waals surface area contributed by atoms with Gasteiger partial charge in [0.05, 0.1) is 23.7 Å². The first-order valence-electron chi connectivity index (χ1n) is 9.65. The van der Waals surface area contributed by atoms with Gasteiger partial charge in [-0.3, -0.25) is 14.3 Å². The number of nitriles is 1. The fraction of sp³-hybridized carbons (Fsp3) is 0.421. The molecular formula is C19H20ClN5O5S. The molecule has 4 rings (SSSR count). The molecule has 12 heteroatoms. The number of nitrogens with one attached hydrogen (secondary N) is 1. The zero-order valence-electron chi connectivity index (χ0n) is 16.6. The van der Waals surface area contributed by atoms with Crippen molar-refractivity contribution in [2.45, 2.75) is 43.7 Å². The van der Waals surface area contributed by atoms with Gasteiger partial charge in [-0.15, -0.1) is 0 Å².